The normalized spacial score (nSPS) is 10.2. The molecule has 0 radical (unpaired) electrons. The van der Waals surface area contributed by atoms with Gasteiger partial charge in [-0.25, -0.2) is 4.98 Å². The predicted octanol–water partition coefficient (Wildman–Crippen LogP) is 1.68. The Morgan fingerprint density at radius 3 is 2.78 bits per heavy atom. The topological polar surface area (TPSA) is 79.9 Å². The van der Waals surface area contributed by atoms with E-state index in [1.165, 1.54) is 0 Å². The van der Waals surface area contributed by atoms with Crippen LogP contribution in [0.15, 0.2) is 18.2 Å². The van der Waals surface area contributed by atoms with Crippen molar-refractivity contribution in [2.75, 3.05) is 12.4 Å². The number of nitrogens with zero attached hydrogens (tertiary/aromatic N) is 2. The van der Waals surface area contributed by atoms with Crippen LogP contribution >= 0.6 is 0 Å². The molecule has 0 fully saturated rings. The van der Waals surface area contributed by atoms with Crippen molar-refractivity contribution in [2.24, 2.45) is 0 Å². The minimum atomic E-state index is -0.374. The number of H-pyrrole nitrogens is 1. The van der Waals surface area contributed by atoms with E-state index >= 15 is 0 Å². The van der Waals surface area contributed by atoms with E-state index in [9.17, 15) is 4.79 Å². The van der Waals surface area contributed by atoms with E-state index < -0.39 is 0 Å². The lowest BCUT2D eigenvalue weighted by atomic mass is 10.2. The van der Waals surface area contributed by atoms with Crippen molar-refractivity contribution in [3.8, 4) is 5.75 Å². The van der Waals surface area contributed by atoms with Crippen molar-refractivity contribution in [1.82, 2.24) is 15.2 Å². The maximum atomic E-state index is 11.9. The number of anilines is 1. The van der Waals surface area contributed by atoms with Gasteiger partial charge in [0.05, 0.1) is 12.8 Å². The second-order valence-corrected chi connectivity index (χ2v) is 3.90. The van der Waals surface area contributed by atoms with E-state index in [0.29, 0.717) is 17.3 Å². The fraction of sp³-hybridized carbons (Fsp3) is 0.250. The highest BCUT2D eigenvalue weighted by Gasteiger charge is 2.13. The molecule has 0 saturated carbocycles. The minimum Gasteiger partial charge on any atom is -0.495 e. The Hall–Kier alpha value is -2.37. The Balaban J connectivity index is 2.21. The van der Waals surface area contributed by atoms with Gasteiger partial charge in [0.2, 0.25) is 5.82 Å². The summed E-state index contributed by atoms with van der Waals surface area (Å²) in [4.78, 5) is 15.8. The molecule has 2 N–H and O–H groups in total. The molecule has 0 unspecified atom stereocenters. The molecule has 0 saturated heterocycles. The van der Waals surface area contributed by atoms with Crippen LogP contribution in [0.3, 0.4) is 0 Å². The molecule has 6 heteroatoms. The molecule has 1 heterocycles. The monoisotopic (exact) mass is 246 g/mol. The molecule has 0 atom stereocenters. The van der Waals surface area contributed by atoms with Crippen molar-refractivity contribution < 1.29 is 9.53 Å². The highest BCUT2D eigenvalue weighted by atomic mass is 16.5. The maximum Gasteiger partial charge on any atom is 0.295 e. The first-order chi connectivity index (χ1) is 8.60. The second-order valence-electron chi connectivity index (χ2n) is 3.90. The number of carbonyl (C=O) groups excluding carboxylic acids is 1. The van der Waals surface area contributed by atoms with Crippen molar-refractivity contribution >= 4 is 11.6 Å². The largest absolute Gasteiger partial charge is 0.495 e. The number of aromatic amines is 1. The third kappa shape index (κ3) is 2.48. The van der Waals surface area contributed by atoms with E-state index in [-0.39, 0.29) is 11.7 Å². The van der Waals surface area contributed by atoms with Crippen LogP contribution in [0.4, 0.5) is 5.69 Å². The highest BCUT2D eigenvalue weighted by molar-refractivity contribution is 6.02. The highest BCUT2D eigenvalue weighted by Crippen LogP contribution is 2.25. The molecule has 2 rings (SSSR count). The maximum absolute atomic E-state index is 11.9. The molecule has 6 nitrogen and oxygen atoms in total. The molecular weight excluding hydrogens is 232 g/mol. The molecule has 0 spiro atoms. The number of carbonyl (C=O) groups is 1. The van der Waals surface area contributed by atoms with Crippen LogP contribution in [0.1, 0.15) is 22.0 Å². The van der Waals surface area contributed by atoms with Gasteiger partial charge in [-0.3, -0.25) is 9.89 Å². The van der Waals surface area contributed by atoms with E-state index in [1.807, 2.05) is 19.1 Å². The quantitative estimate of drug-likeness (QED) is 0.863. The summed E-state index contributed by atoms with van der Waals surface area (Å²) in [5.74, 6) is 0.934. The standard InChI is InChI=1S/C12H14N4O2/c1-7-4-5-9(10(6-7)18-3)14-12(17)11-13-8(2)15-16-11/h4-6H,1-3H3,(H,14,17)(H,13,15,16). The number of amides is 1. The van der Waals surface area contributed by atoms with Crippen molar-refractivity contribution in [2.45, 2.75) is 13.8 Å². The first kappa shape index (κ1) is 12.1. The van der Waals surface area contributed by atoms with Gasteiger partial charge in [-0.2, -0.15) is 0 Å². The number of ether oxygens (including phenoxy) is 1. The van der Waals surface area contributed by atoms with E-state index in [1.54, 1.807) is 20.1 Å². The summed E-state index contributed by atoms with van der Waals surface area (Å²) in [6.45, 7) is 3.68. The fourth-order valence-electron chi connectivity index (χ4n) is 1.52. The molecule has 0 bridgehead atoms. The van der Waals surface area contributed by atoms with Gasteiger partial charge in [0.1, 0.15) is 11.6 Å². The fourth-order valence-corrected chi connectivity index (χ4v) is 1.52. The summed E-state index contributed by atoms with van der Waals surface area (Å²) in [6, 6.07) is 5.52. The van der Waals surface area contributed by atoms with Crippen LogP contribution in [0.25, 0.3) is 0 Å². The van der Waals surface area contributed by atoms with Crippen LogP contribution in [0.5, 0.6) is 5.75 Å². The van der Waals surface area contributed by atoms with Crippen LogP contribution < -0.4 is 10.1 Å². The summed E-state index contributed by atoms with van der Waals surface area (Å²) in [6.07, 6.45) is 0. The molecule has 94 valence electrons. The predicted molar refractivity (Wildman–Crippen MR) is 66.8 cm³/mol. The number of aromatic nitrogens is 3. The smallest absolute Gasteiger partial charge is 0.295 e. The number of aryl methyl sites for hydroxylation is 2. The van der Waals surface area contributed by atoms with E-state index in [0.717, 1.165) is 5.56 Å². The van der Waals surface area contributed by atoms with Crippen LogP contribution in [-0.4, -0.2) is 28.2 Å². The van der Waals surface area contributed by atoms with Gasteiger partial charge in [0.15, 0.2) is 0 Å². The number of hydrogen-bond acceptors (Lipinski definition) is 4. The van der Waals surface area contributed by atoms with Crippen molar-refractivity contribution in [3.05, 3.63) is 35.4 Å². The van der Waals surface area contributed by atoms with Crippen molar-refractivity contribution in [3.63, 3.8) is 0 Å². The van der Waals surface area contributed by atoms with Crippen LogP contribution in [0.2, 0.25) is 0 Å². The zero-order valence-corrected chi connectivity index (χ0v) is 10.4. The van der Waals surface area contributed by atoms with E-state index in [2.05, 4.69) is 20.5 Å². The number of methoxy groups -OCH3 is 1. The summed E-state index contributed by atoms with van der Waals surface area (Å²) in [5.41, 5.74) is 1.65. The molecule has 2 aromatic rings. The molecule has 0 aliphatic carbocycles. The molecular formula is C12H14N4O2. The average molecular weight is 246 g/mol. The van der Waals surface area contributed by atoms with Gasteiger partial charge in [-0.1, -0.05) is 6.07 Å². The third-order valence-electron chi connectivity index (χ3n) is 2.41. The number of hydrogen-bond donors (Lipinski definition) is 2. The third-order valence-corrected chi connectivity index (χ3v) is 2.41. The number of rotatable bonds is 3. The zero-order valence-electron chi connectivity index (χ0n) is 10.4. The number of nitrogens with one attached hydrogen (secondary N) is 2. The van der Waals surface area contributed by atoms with Gasteiger partial charge >= 0.3 is 0 Å². The Morgan fingerprint density at radius 1 is 1.39 bits per heavy atom. The average Bonchev–Trinajstić information content (AvgIpc) is 2.78. The molecule has 0 aliphatic heterocycles. The minimum absolute atomic E-state index is 0.107. The molecule has 0 aliphatic rings. The Labute approximate surface area is 104 Å². The first-order valence-corrected chi connectivity index (χ1v) is 5.45. The summed E-state index contributed by atoms with van der Waals surface area (Å²) in [5, 5.41) is 9.13. The molecule has 1 aromatic carbocycles. The zero-order chi connectivity index (χ0) is 13.1. The van der Waals surface area contributed by atoms with Gasteiger partial charge < -0.3 is 10.1 Å². The Morgan fingerprint density at radius 2 is 2.17 bits per heavy atom. The van der Waals surface area contributed by atoms with Crippen LogP contribution in [-0.2, 0) is 0 Å². The van der Waals surface area contributed by atoms with Gasteiger partial charge in [0.25, 0.3) is 5.91 Å². The van der Waals surface area contributed by atoms with Crippen molar-refractivity contribution in [1.29, 1.82) is 0 Å². The molecule has 1 amide bonds. The summed E-state index contributed by atoms with van der Waals surface area (Å²) < 4.78 is 5.20. The summed E-state index contributed by atoms with van der Waals surface area (Å²) in [7, 11) is 1.56. The van der Waals surface area contributed by atoms with Gasteiger partial charge in [-0.15, -0.1) is 5.10 Å². The Bertz CT molecular complexity index is 577. The lowest BCUT2D eigenvalue weighted by Gasteiger charge is -2.09. The molecule has 1 aromatic heterocycles. The lowest BCUT2D eigenvalue weighted by molar-refractivity contribution is 0.101. The molecule has 18 heavy (non-hydrogen) atoms. The summed E-state index contributed by atoms with van der Waals surface area (Å²) >= 11 is 0. The van der Waals surface area contributed by atoms with Gasteiger partial charge in [-0.05, 0) is 31.5 Å². The number of benzene rings is 1. The van der Waals surface area contributed by atoms with E-state index in [4.69, 9.17) is 4.74 Å². The lowest BCUT2D eigenvalue weighted by Crippen LogP contribution is -2.14. The Kier molecular flexibility index (Phi) is 3.27. The van der Waals surface area contributed by atoms with Gasteiger partial charge in [0, 0.05) is 0 Å². The first-order valence-electron chi connectivity index (χ1n) is 5.45. The SMILES string of the molecule is COc1cc(C)ccc1NC(=O)c1n[nH]c(C)n1. The second kappa shape index (κ2) is 4.87. The van der Waals surface area contributed by atoms with Crippen LogP contribution in [0, 0.1) is 13.8 Å².